The van der Waals surface area contributed by atoms with Gasteiger partial charge in [-0.05, 0) is 12.1 Å². The van der Waals surface area contributed by atoms with Crippen LogP contribution in [-0.2, 0) is 4.79 Å². The van der Waals surface area contributed by atoms with Crippen LogP contribution < -0.4 is 0 Å². The summed E-state index contributed by atoms with van der Waals surface area (Å²) in [7, 11) is 0. The molecule has 0 bridgehead atoms. The smallest absolute Gasteiger partial charge is 0.337 e. The molecule has 0 fully saturated rings. The van der Waals surface area contributed by atoms with Crippen LogP contribution in [0.5, 0.6) is 0 Å². The van der Waals surface area contributed by atoms with E-state index in [-0.39, 0.29) is 10.6 Å². The molecule has 1 rings (SSSR count). The van der Waals surface area contributed by atoms with E-state index in [0.717, 1.165) is 0 Å². The number of carboxylic acid groups (broad SMARTS) is 1. The third-order valence-corrected chi connectivity index (χ3v) is 2.53. The molecule has 1 aromatic carbocycles. The van der Waals surface area contributed by atoms with Gasteiger partial charge < -0.3 is 10.2 Å². The van der Waals surface area contributed by atoms with E-state index in [1.165, 1.54) is 6.07 Å². The number of aliphatic hydroxyl groups excluding tert-OH is 1. The van der Waals surface area contributed by atoms with Crippen molar-refractivity contribution in [2.75, 3.05) is 0 Å². The lowest BCUT2D eigenvalue weighted by Crippen LogP contribution is -2.11. The minimum absolute atomic E-state index is 0.177. The third-order valence-electron chi connectivity index (χ3n) is 1.51. The first-order valence-electron chi connectivity index (χ1n) is 3.39. The van der Waals surface area contributed by atoms with Gasteiger partial charge in [0.1, 0.15) is 0 Å². The summed E-state index contributed by atoms with van der Waals surface area (Å²) in [5, 5.41) is 18.0. The summed E-state index contributed by atoms with van der Waals surface area (Å²) in [4.78, 5) is 10.5. The zero-order valence-electron chi connectivity index (χ0n) is 6.37. The Balaban J connectivity index is 3.20. The lowest BCUT2D eigenvalue weighted by molar-refractivity contribution is -0.147. The van der Waals surface area contributed by atoms with Crippen LogP contribution in [0.15, 0.2) is 22.7 Å². The highest BCUT2D eigenvalue weighted by Crippen LogP contribution is 2.30. The Bertz CT molecular complexity index is 320. The van der Waals surface area contributed by atoms with Gasteiger partial charge in [0.2, 0.25) is 0 Å². The summed E-state index contributed by atoms with van der Waals surface area (Å²) in [5.41, 5.74) is 0.177. The summed E-state index contributed by atoms with van der Waals surface area (Å²) in [6, 6.07) is 4.80. The Morgan fingerprint density at radius 3 is 2.62 bits per heavy atom. The maximum Gasteiger partial charge on any atom is 0.337 e. The van der Waals surface area contributed by atoms with E-state index in [2.05, 4.69) is 15.9 Å². The maximum atomic E-state index is 10.5. The molecule has 0 aliphatic carbocycles. The molecule has 2 N–H and O–H groups in total. The van der Waals surface area contributed by atoms with Crippen LogP contribution in [0.1, 0.15) is 11.7 Å². The first kappa shape index (κ1) is 10.5. The van der Waals surface area contributed by atoms with Crippen molar-refractivity contribution in [2.24, 2.45) is 0 Å². The van der Waals surface area contributed by atoms with Gasteiger partial charge in [-0.2, -0.15) is 0 Å². The number of halogens is 2. The first-order valence-corrected chi connectivity index (χ1v) is 4.56. The normalized spacial score (nSPS) is 12.5. The van der Waals surface area contributed by atoms with Crippen LogP contribution in [-0.4, -0.2) is 16.2 Å². The Labute approximate surface area is 88.1 Å². The SMILES string of the molecule is O=C(O)C(O)c1c(Cl)cccc1Br. The molecule has 0 saturated carbocycles. The number of hydrogen-bond acceptors (Lipinski definition) is 2. The summed E-state index contributed by atoms with van der Waals surface area (Å²) in [6.07, 6.45) is -1.59. The molecule has 5 heteroatoms. The minimum Gasteiger partial charge on any atom is -0.479 e. The van der Waals surface area contributed by atoms with Crippen molar-refractivity contribution in [3.63, 3.8) is 0 Å². The fourth-order valence-electron chi connectivity index (χ4n) is 0.895. The number of rotatable bonds is 2. The molecular formula is C8H6BrClO3. The van der Waals surface area contributed by atoms with Gasteiger partial charge in [0.05, 0.1) is 0 Å². The van der Waals surface area contributed by atoms with E-state index in [4.69, 9.17) is 16.7 Å². The number of aliphatic hydroxyl groups is 1. The van der Waals surface area contributed by atoms with Crippen LogP contribution in [0.25, 0.3) is 0 Å². The van der Waals surface area contributed by atoms with Crippen molar-refractivity contribution in [3.05, 3.63) is 33.3 Å². The zero-order valence-corrected chi connectivity index (χ0v) is 8.71. The Morgan fingerprint density at radius 1 is 1.54 bits per heavy atom. The topological polar surface area (TPSA) is 57.5 Å². The predicted molar refractivity (Wildman–Crippen MR) is 51.7 cm³/mol. The van der Waals surface area contributed by atoms with E-state index in [0.29, 0.717) is 4.47 Å². The van der Waals surface area contributed by atoms with E-state index in [9.17, 15) is 9.90 Å². The molecule has 0 spiro atoms. The van der Waals surface area contributed by atoms with E-state index < -0.39 is 12.1 Å². The fourth-order valence-corrected chi connectivity index (χ4v) is 1.87. The molecule has 13 heavy (non-hydrogen) atoms. The summed E-state index contributed by atoms with van der Waals surface area (Å²) >= 11 is 8.82. The van der Waals surface area contributed by atoms with Crippen LogP contribution in [0.4, 0.5) is 0 Å². The monoisotopic (exact) mass is 264 g/mol. The predicted octanol–water partition coefficient (Wildman–Crippen LogP) is 2.22. The number of aliphatic carboxylic acids is 1. The molecule has 0 radical (unpaired) electrons. The minimum atomic E-state index is -1.59. The van der Waals surface area contributed by atoms with Gasteiger partial charge in [-0.3, -0.25) is 0 Å². The van der Waals surface area contributed by atoms with Gasteiger partial charge in [0.25, 0.3) is 0 Å². The standard InChI is InChI=1S/C8H6BrClO3/c9-4-2-1-3-5(10)6(4)7(11)8(12)13/h1-3,7,11H,(H,12,13). The van der Waals surface area contributed by atoms with Gasteiger partial charge in [-0.25, -0.2) is 4.79 Å². The Morgan fingerprint density at radius 2 is 2.15 bits per heavy atom. The number of carbonyl (C=O) groups is 1. The summed E-state index contributed by atoms with van der Waals surface area (Å²) in [5.74, 6) is -1.33. The van der Waals surface area contributed by atoms with Crippen molar-refractivity contribution in [3.8, 4) is 0 Å². The van der Waals surface area contributed by atoms with E-state index in [1.807, 2.05) is 0 Å². The molecule has 0 amide bonds. The van der Waals surface area contributed by atoms with Crippen LogP contribution in [0.3, 0.4) is 0 Å². The largest absolute Gasteiger partial charge is 0.479 e. The molecule has 1 aromatic rings. The lowest BCUT2D eigenvalue weighted by atomic mass is 10.1. The lowest BCUT2D eigenvalue weighted by Gasteiger charge is -2.09. The first-order chi connectivity index (χ1) is 6.04. The van der Waals surface area contributed by atoms with Gasteiger partial charge >= 0.3 is 5.97 Å². The molecule has 0 heterocycles. The molecule has 0 saturated heterocycles. The fraction of sp³-hybridized carbons (Fsp3) is 0.125. The number of hydrogen-bond donors (Lipinski definition) is 2. The molecule has 0 aliphatic heterocycles. The van der Waals surface area contributed by atoms with Gasteiger partial charge in [0.15, 0.2) is 6.10 Å². The molecule has 1 unspecified atom stereocenters. The quantitative estimate of drug-likeness (QED) is 0.862. The Kier molecular flexibility index (Phi) is 3.30. The van der Waals surface area contributed by atoms with Crippen LogP contribution in [0, 0.1) is 0 Å². The highest BCUT2D eigenvalue weighted by atomic mass is 79.9. The average molecular weight is 265 g/mol. The number of benzene rings is 1. The average Bonchev–Trinajstić information content (AvgIpc) is 2.03. The maximum absolute atomic E-state index is 10.5. The molecule has 3 nitrogen and oxygen atoms in total. The second-order valence-electron chi connectivity index (χ2n) is 2.38. The highest BCUT2D eigenvalue weighted by Gasteiger charge is 2.21. The van der Waals surface area contributed by atoms with Crippen molar-refractivity contribution in [1.29, 1.82) is 0 Å². The highest BCUT2D eigenvalue weighted by molar-refractivity contribution is 9.10. The van der Waals surface area contributed by atoms with Crippen molar-refractivity contribution >= 4 is 33.5 Å². The van der Waals surface area contributed by atoms with Gasteiger partial charge in [-0.15, -0.1) is 0 Å². The molecule has 0 aliphatic rings. The molecular weight excluding hydrogens is 259 g/mol. The number of carboxylic acids is 1. The van der Waals surface area contributed by atoms with Crippen molar-refractivity contribution in [1.82, 2.24) is 0 Å². The molecule has 0 aromatic heterocycles. The summed E-state index contributed by atoms with van der Waals surface area (Å²) in [6.45, 7) is 0. The second-order valence-corrected chi connectivity index (χ2v) is 3.64. The third kappa shape index (κ3) is 2.21. The van der Waals surface area contributed by atoms with Crippen LogP contribution in [0.2, 0.25) is 5.02 Å². The van der Waals surface area contributed by atoms with Crippen molar-refractivity contribution in [2.45, 2.75) is 6.10 Å². The Hall–Kier alpha value is -0.580. The van der Waals surface area contributed by atoms with Crippen LogP contribution >= 0.6 is 27.5 Å². The van der Waals surface area contributed by atoms with Gasteiger partial charge in [-0.1, -0.05) is 33.6 Å². The van der Waals surface area contributed by atoms with E-state index >= 15 is 0 Å². The second kappa shape index (κ2) is 4.09. The van der Waals surface area contributed by atoms with Gasteiger partial charge in [0, 0.05) is 15.1 Å². The van der Waals surface area contributed by atoms with Crippen molar-refractivity contribution < 1.29 is 15.0 Å². The molecule has 1 atom stereocenters. The van der Waals surface area contributed by atoms with E-state index in [1.54, 1.807) is 12.1 Å². The molecule has 70 valence electrons. The zero-order chi connectivity index (χ0) is 10.0. The summed E-state index contributed by atoms with van der Waals surface area (Å²) < 4.78 is 0.481.